The fourth-order valence-corrected chi connectivity index (χ4v) is 4.09. The third-order valence-electron chi connectivity index (χ3n) is 5.91. The van der Waals surface area contributed by atoms with E-state index >= 15 is 0 Å². The molecular formula is C25H26ClNO3. The Morgan fingerprint density at radius 1 is 1.20 bits per heavy atom. The van der Waals surface area contributed by atoms with Crippen LogP contribution in [0.4, 0.5) is 0 Å². The van der Waals surface area contributed by atoms with Crippen LogP contribution in [-0.4, -0.2) is 31.0 Å². The molecule has 1 aliphatic heterocycles. The summed E-state index contributed by atoms with van der Waals surface area (Å²) in [5.74, 6) is 1.44. The van der Waals surface area contributed by atoms with Crippen LogP contribution >= 0.6 is 11.6 Å². The highest BCUT2D eigenvalue weighted by Crippen LogP contribution is 2.37. The molecule has 2 aromatic carbocycles. The van der Waals surface area contributed by atoms with E-state index in [1.54, 1.807) is 19.4 Å². The third kappa shape index (κ3) is 4.10. The average Bonchev–Trinajstić information content (AvgIpc) is 3.16. The van der Waals surface area contributed by atoms with Crippen molar-refractivity contribution in [1.29, 1.82) is 0 Å². The molecule has 0 bridgehead atoms. The predicted molar refractivity (Wildman–Crippen MR) is 122 cm³/mol. The highest BCUT2D eigenvalue weighted by Gasteiger charge is 2.20. The molecule has 30 heavy (non-hydrogen) atoms. The minimum Gasteiger partial charge on any atom is -0.496 e. The Balaban J connectivity index is 1.71. The number of halogens is 1. The minimum atomic E-state index is 0.0617. The van der Waals surface area contributed by atoms with Gasteiger partial charge >= 0.3 is 0 Å². The van der Waals surface area contributed by atoms with Crippen molar-refractivity contribution in [3.8, 4) is 16.9 Å². The van der Waals surface area contributed by atoms with Crippen LogP contribution in [0.1, 0.15) is 32.3 Å². The number of nitrogens with zero attached hydrogens (tertiary/aromatic N) is 1. The van der Waals surface area contributed by atoms with Crippen LogP contribution in [0.3, 0.4) is 0 Å². The summed E-state index contributed by atoms with van der Waals surface area (Å²) in [6.45, 7) is 5.84. The Morgan fingerprint density at radius 2 is 1.90 bits per heavy atom. The van der Waals surface area contributed by atoms with Crippen LogP contribution < -0.4 is 4.74 Å². The molecule has 0 saturated carbocycles. The van der Waals surface area contributed by atoms with Gasteiger partial charge in [0.15, 0.2) is 0 Å². The number of fused-ring (bicyclic) bond motifs is 1. The van der Waals surface area contributed by atoms with E-state index < -0.39 is 0 Å². The smallest absolute Gasteiger partial charge is 0.246 e. The first-order valence-electron chi connectivity index (χ1n) is 10.3. The number of benzene rings is 2. The fourth-order valence-electron chi connectivity index (χ4n) is 3.97. The van der Waals surface area contributed by atoms with Gasteiger partial charge in [-0.3, -0.25) is 4.79 Å². The highest BCUT2D eigenvalue weighted by atomic mass is 35.5. The van der Waals surface area contributed by atoms with Gasteiger partial charge < -0.3 is 14.1 Å². The van der Waals surface area contributed by atoms with Gasteiger partial charge in [0.05, 0.1) is 13.4 Å². The summed E-state index contributed by atoms with van der Waals surface area (Å²) < 4.78 is 11.4. The minimum absolute atomic E-state index is 0.0617. The number of amides is 1. The average molecular weight is 424 g/mol. The van der Waals surface area contributed by atoms with Crippen molar-refractivity contribution >= 4 is 34.1 Å². The summed E-state index contributed by atoms with van der Waals surface area (Å²) >= 11 is 6.03. The first kappa shape index (κ1) is 20.5. The van der Waals surface area contributed by atoms with Crippen molar-refractivity contribution in [2.75, 3.05) is 20.2 Å². The molecule has 0 aliphatic carbocycles. The summed E-state index contributed by atoms with van der Waals surface area (Å²) in [6.07, 6.45) is 5.60. The SMILES string of the molecule is COc1cc2occ(-c3ccc(Cl)cc3)c2cc1/C(C)=C/C(=O)N1CCC(C)CC1. The van der Waals surface area contributed by atoms with Gasteiger partial charge in [0, 0.05) is 46.8 Å². The van der Waals surface area contributed by atoms with Crippen molar-refractivity contribution in [2.24, 2.45) is 5.92 Å². The lowest BCUT2D eigenvalue weighted by Crippen LogP contribution is -2.36. The zero-order chi connectivity index (χ0) is 21.3. The lowest BCUT2D eigenvalue weighted by molar-refractivity contribution is -0.127. The zero-order valence-electron chi connectivity index (χ0n) is 17.6. The van der Waals surface area contributed by atoms with Gasteiger partial charge in [-0.15, -0.1) is 0 Å². The predicted octanol–water partition coefficient (Wildman–Crippen LogP) is 6.42. The number of furan rings is 1. The molecule has 0 N–H and O–H groups in total. The lowest BCUT2D eigenvalue weighted by atomic mass is 9.98. The molecule has 1 fully saturated rings. The summed E-state index contributed by atoms with van der Waals surface area (Å²) in [5, 5.41) is 1.67. The summed E-state index contributed by atoms with van der Waals surface area (Å²) in [7, 11) is 1.63. The molecule has 4 nitrogen and oxygen atoms in total. The van der Waals surface area contributed by atoms with Crippen molar-refractivity contribution in [1.82, 2.24) is 4.90 Å². The number of methoxy groups -OCH3 is 1. The topological polar surface area (TPSA) is 42.7 Å². The molecule has 0 atom stereocenters. The Morgan fingerprint density at radius 3 is 2.57 bits per heavy atom. The molecule has 156 valence electrons. The Hall–Kier alpha value is -2.72. The monoisotopic (exact) mass is 423 g/mol. The molecule has 1 aliphatic rings. The van der Waals surface area contributed by atoms with E-state index in [2.05, 4.69) is 6.92 Å². The van der Waals surface area contributed by atoms with E-state index in [9.17, 15) is 4.79 Å². The maximum absolute atomic E-state index is 12.8. The van der Waals surface area contributed by atoms with E-state index in [0.717, 1.165) is 59.2 Å². The number of piperidine rings is 1. The number of ether oxygens (including phenoxy) is 1. The van der Waals surface area contributed by atoms with E-state index in [-0.39, 0.29) is 5.91 Å². The second kappa shape index (κ2) is 8.57. The number of carbonyl (C=O) groups excluding carboxylic acids is 1. The molecule has 0 unspecified atom stereocenters. The van der Waals surface area contributed by atoms with Gasteiger partial charge in [0.1, 0.15) is 11.3 Å². The zero-order valence-corrected chi connectivity index (χ0v) is 18.3. The number of rotatable bonds is 4. The first-order chi connectivity index (χ1) is 14.5. The molecule has 2 heterocycles. The molecule has 1 saturated heterocycles. The first-order valence-corrected chi connectivity index (χ1v) is 10.7. The van der Waals surface area contributed by atoms with Crippen LogP contribution in [0.2, 0.25) is 5.02 Å². The van der Waals surface area contributed by atoms with Crippen LogP contribution in [0.5, 0.6) is 5.75 Å². The van der Waals surface area contributed by atoms with Gasteiger partial charge in [-0.2, -0.15) is 0 Å². The molecule has 0 spiro atoms. The largest absolute Gasteiger partial charge is 0.496 e. The second-order valence-corrected chi connectivity index (χ2v) is 8.48. The molecule has 0 radical (unpaired) electrons. The molecule has 1 aromatic heterocycles. The van der Waals surface area contributed by atoms with Gasteiger partial charge in [0.2, 0.25) is 5.91 Å². The highest BCUT2D eigenvalue weighted by molar-refractivity contribution is 6.30. The molecule has 4 rings (SSSR count). The van der Waals surface area contributed by atoms with E-state index in [4.69, 9.17) is 20.8 Å². The Kier molecular flexibility index (Phi) is 5.87. The van der Waals surface area contributed by atoms with E-state index in [1.807, 2.05) is 48.2 Å². The van der Waals surface area contributed by atoms with Crippen molar-refractivity contribution < 1.29 is 13.9 Å². The van der Waals surface area contributed by atoms with Gasteiger partial charge in [0.25, 0.3) is 0 Å². The Bertz CT molecular complexity index is 1090. The number of hydrogen-bond acceptors (Lipinski definition) is 3. The number of allylic oxidation sites excluding steroid dienone is 1. The van der Waals surface area contributed by atoms with Crippen molar-refractivity contribution in [3.05, 3.63) is 59.3 Å². The maximum atomic E-state index is 12.8. The molecule has 3 aromatic rings. The summed E-state index contributed by atoms with van der Waals surface area (Å²) in [4.78, 5) is 14.7. The molecule has 1 amide bonds. The van der Waals surface area contributed by atoms with Crippen LogP contribution in [0, 0.1) is 5.92 Å². The number of hydrogen-bond donors (Lipinski definition) is 0. The quantitative estimate of drug-likeness (QED) is 0.454. The number of likely N-dealkylation sites (tertiary alicyclic amines) is 1. The van der Waals surface area contributed by atoms with E-state index in [1.165, 1.54) is 0 Å². The van der Waals surface area contributed by atoms with Crippen LogP contribution in [0.15, 0.2) is 53.2 Å². The normalized spacial score (nSPS) is 15.6. The Labute approximate surface area is 182 Å². The number of carbonyl (C=O) groups is 1. The van der Waals surface area contributed by atoms with E-state index in [0.29, 0.717) is 16.7 Å². The van der Waals surface area contributed by atoms with Gasteiger partial charge in [-0.25, -0.2) is 0 Å². The molecular weight excluding hydrogens is 398 g/mol. The summed E-state index contributed by atoms with van der Waals surface area (Å²) in [5.41, 5.74) is 4.51. The summed E-state index contributed by atoms with van der Waals surface area (Å²) in [6, 6.07) is 11.6. The third-order valence-corrected chi connectivity index (χ3v) is 6.16. The van der Waals surface area contributed by atoms with Crippen molar-refractivity contribution in [3.63, 3.8) is 0 Å². The van der Waals surface area contributed by atoms with Gasteiger partial charge in [-0.1, -0.05) is 30.7 Å². The molecule has 5 heteroatoms. The lowest BCUT2D eigenvalue weighted by Gasteiger charge is -2.29. The van der Waals surface area contributed by atoms with Gasteiger partial charge in [-0.05, 0) is 55.0 Å². The van der Waals surface area contributed by atoms with Crippen molar-refractivity contribution in [2.45, 2.75) is 26.7 Å². The second-order valence-electron chi connectivity index (χ2n) is 8.04. The van der Waals surface area contributed by atoms with Crippen LogP contribution in [0.25, 0.3) is 27.7 Å². The fraction of sp³-hybridized carbons (Fsp3) is 0.320. The van der Waals surface area contributed by atoms with Crippen LogP contribution in [-0.2, 0) is 4.79 Å². The standard InChI is InChI=1S/C25H26ClNO3/c1-16-8-10-27(11-9-16)25(28)12-17(2)20-13-21-22(18-4-6-19(26)7-5-18)15-30-24(21)14-23(20)29-3/h4-7,12-16H,8-11H2,1-3H3/b17-12+. The maximum Gasteiger partial charge on any atom is 0.246 e.